The number of nitrogens with one attached hydrogen (secondary N) is 1. The van der Waals surface area contributed by atoms with E-state index in [4.69, 9.17) is 0 Å². The van der Waals surface area contributed by atoms with Crippen molar-refractivity contribution in [3.05, 3.63) is 70.4 Å². The van der Waals surface area contributed by atoms with E-state index in [0.29, 0.717) is 24.8 Å². The molecule has 0 saturated heterocycles. The molecule has 4 heteroatoms. The molecule has 1 heterocycles. The third kappa shape index (κ3) is 4.15. The number of para-hydroxylation sites is 1. The zero-order valence-electron chi connectivity index (χ0n) is 18.2. The molecule has 0 bridgehead atoms. The van der Waals surface area contributed by atoms with Crippen LogP contribution in [0.15, 0.2) is 42.5 Å². The van der Waals surface area contributed by atoms with Gasteiger partial charge in [-0.05, 0) is 62.6 Å². The Morgan fingerprint density at radius 3 is 2.57 bits per heavy atom. The molecule has 0 atom stereocenters. The second-order valence-corrected chi connectivity index (χ2v) is 9.00. The van der Waals surface area contributed by atoms with Crippen molar-refractivity contribution in [3.8, 4) is 0 Å². The summed E-state index contributed by atoms with van der Waals surface area (Å²) >= 11 is 0. The van der Waals surface area contributed by atoms with E-state index in [1.807, 2.05) is 22.8 Å². The Morgan fingerprint density at radius 2 is 1.83 bits per heavy atom. The standard InChI is InChI=1S/C26H32N2O2/c1-17-9-12-21(13-10-17)27-15-23-22-6-4-5-7-24(22)28(25(23)26(29)30)16-20-14-18(2)8-11-19(20)3/h4-8,11,14,17,21,27H,9-10,12-13,15-16H2,1-3H3,(H,29,30). The predicted octanol–water partition coefficient (Wildman–Crippen LogP) is 5.67. The Morgan fingerprint density at radius 1 is 1.10 bits per heavy atom. The fraction of sp³-hybridized carbons (Fsp3) is 0.423. The van der Waals surface area contributed by atoms with E-state index >= 15 is 0 Å². The first kappa shape index (κ1) is 20.7. The Kier molecular flexibility index (Phi) is 5.96. The number of hydrogen-bond acceptors (Lipinski definition) is 2. The number of carboxylic acids is 1. The number of aryl methyl sites for hydroxylation is 2. The van der Waals surface area contributed by atoms with E-state index in [2.05, 4.69) is 50.4 Å². The summed E-state index contributed by atoms with van der Waals surface area (Å²) in [7, 11) is 0. The van der Waals surface area contributed by atoms with E-state index in [1.54, 1.807) is 0 Å². The van der Waals surface area contributed by atoms with E-state index < -0.39 is 5.97 Å². The lowest BCUT2D eigenvalue weighted by Crippen LogP contribution is -2.32. The Balaban J connectivity index is 1.72. The van der Waals surface area contributed by atoms with Crippen molar-refractivity contribution < 1.29 is 9.90 Å². The van der Waals surface area contributed by atoms with E-state index in [9.17, 15) is 9.90 Å². The van der Waals surface area contributed by atoms with Gasteiger partial charge < -0.3 is 15.0 Å². The summed E-state index contributed by atoms with van der Waals surface area (Å²) in [5.41, 5.74) is 5.85. The van der Waals surface area contributed by atoms with Gasteiger partial charge in [0.15, 0.2) is 0 Å². The van der Waals surface area contributed by atoms with Crippen LogP contribution in [0.3, 0.4) is 0 Å². The topological polar surface area (TPSA) is 54.3 Å². The van der Waals surface area contributed by atoms with Crippen molar-refractivity contribution in [1.29, 1.82) is 0 Å². The summed E-state index contributed by atoms with van der Waals surface area (Å²) in [5, 5.41) is 14.9. The van der Waals surface area contributed by atoms with Gasteiger partial charge in [-0.2, -0.15) is 0 Å². The highest BCUT2D eigenvalue weighted by molar-refractivity contribution is 5.98. The van der Waals surface area contributed by atoms with Gasteiger partial charge in [0, 0.05) is 35.6 Å². The molecule has 0 unspecified atom stereocenters. The van der Waals surface area contributed by atoms with Gasteiger partial charge in [-0.1, -0.05) is 48.9 Å². The maximum Gasteiger partial charge on any atom is 0.352 e. The van der Waals surface area contributed by atoms with E-state index in [-0.39, 0.29) is 0 Å². The van der Waals surface area contributed by atoms with Gasteiger partial charge >= 0.3 is 5.97 Å². The first-order chi connectivity index (χ1) is 14.4. The lowest BCUT2D eigenvalue weighted by Gasteiger charge is -2.27. The van der Waals surface area contributed by atoms with Crippen LogP contribution in [0.4, 0.5) is 0 Å². The summed E-state index contributed by atoms with van der Waals surface area (Å²) in [6, 6.07) is 14.9. The Labute approximate surface area is 178 Å². The van der Waals surface area contributed by atoms with Crippen molar-refractivity contribution in [2.24, 2.45) is 5.92 Å². The first-order valence-electron chi connectivity index (χ1n) is 11.1. The minimum Gasteiger partial charge on any atom is -0.477 e. The highest BCUT2D eigenvalue weighted by Gasteiger charge is 2.24. The van der Waals surface area contributed by atoms with Gasteiger partial charge in [-0.15, -0.1) is 0 Å². The highest BCUT2D eigenvalue weighted by atomic mass is 16.4. The molecule has 1 aromatic heterocycles. The van der Waals surface area contributed by atoms with Crippen molar-refractivity contribution in [2.75, 3.05) is 0 Å². The van der Waals surface area contributed by atoms with Crippen molar-refractivity contribution in [1.82, 2.24) is 9.88 Å². The number of hydrogen-bond donors (Lipinski definition) is 2. The minimum atomic E-state index is -0.856. The molecule has 2 N–H and O–H groups in total. The zero-order valence-corrected chi connectivity index (χ0v) is 18.2. The SMILES string of the molecule is Cc1ccc(C)c(Cn2c(C(=O)O)c(CNC3CCC(C)CC3)c3ccccc32)c1. The molecule has 2 aromatic carbocycles. The number of nitrogens with zero attached hydrogens (tertiary/aromatic N) is 1. The number of aromatic carboxylic acids is 1. The molecule has 4 rings (SSSR count). The molecule has 3 aromatic rings. The normalized spacial score (nSPS) is 19.3. The van der Waals surface area contributed by atoms with Crippen LogP contribution in [0.5, 0.6) is 0 Å². The zero-order chi connectivity index (χ0) is 21.3. The summed E-state index contributed by atoms with van der Waals surface area (Å²) in [6.07, 6.45) is 4.84. The number of aromatic nitrogens is 1. The van der Waals surface area contributed by atoms with Gasteiger partial charge in [0.25, 0.3) is 0 Å². The molecule has 1 aliphatic rings. The first-order valence-corrected chi connectivity index (χ1v) is 11.1. The molecule has 0 aliphatic heterocycles. The average Bonchev–Trinajstić information content (AvgIpc) is 3.04. The predicted molar refractivity (Wildman–Crippen MR) is 122 cm³/mol. The van der Waals surface area contributed by atoms with Gasteiger partial charge in [0.1, 0.15) is 5.69 Å². The number of fused-ring (bicyclic) bond motifs is 1. The Hall–Kier alpha value is -2.59. The maximum atomic E-state index is 12.4. The Bertz CT molecular complexity index is 1060. The van der Waals surface area contributed by atoms with Gasteiger partial charge in [0.2, 0.25) is 0 Å². The number of benzene rings is 2. The van der Waals surface area contributed by atoms with Crippen molar-refractivity contribution in [2.45, 2.75) is 65.6 Å². The van der Waals surface area contributed by atoms with Crippen LogP contribution in [0.1, 0.15) is 65.3 Å². The molecular formula is C26H32N2O2. The fourth-order valence-corrected chi connectivity index (χ4v) is 4.81. The van der Waals surface area contributed by atoms with Gasteiger partial charge in [0.05, 0.1) is 0 Å². The molecule has 158 valence electrons. The molecular weight excluding hydrogens is 372 g/mol. The molecule has 1 saturated carbocycles. The minimum absolute atomic E-state index is 0.411. The third-order valence-electron chi connectivity index (χ3n) is 6.69. The molecule has 0 amide bonds. The largest absolute Gasteiger partial charge is 0.477 e. The van der Waals surface area contributed by atoms with Crippen LogP contribution in [0.25, 0.3) is 10.9 Å². The number of rotatable bonds is 6. The monoisotopic (exact) mass is 404 g/mol. The van der Waals surface area contributed by atoms with Crippen molar-refractivity contribution in [3.63, 3.8) is 0 Å². The molecule has 0 spiro atoms. The second kappa shape index (κ2) is 8.65. The van der Waals surface area contributed by atoms with E-state index in [1.165, 1.54) is 42.4 Å². The second-order valence-electron chi connectivity index (χ2n) is 9.00. The van der Waals surface area contributed by atoms with Gasteiger partial charge in [-0.25, -0.2) is 4.79 Å². The maximum absolute atomic E-state index is 12.4. The smallest absolute Gasteiger partial charge is 0.352 e. The fourth-order valence-electron chi connectivity index (χ4n) is 4.81. The van der Waals surface area contributed by atoms with Crippen LogP contribution in [0.2, 0.25) is 0 Å². The van der Waals surface area contributed by atoms with Crippen LogP contribution in [0, 0.1) is 19.8 Å². The van der Waals surface area contributed by atoms with Gasteiger partial charge in [-0.3, -0.25) is 0 Å². The summed E-state index contributed by atoms with van der Waals surface area (Å²) in [6.45, 7) is 7.65. The molecule has 4 nitrogen and oxygen atoms in total. The summed E-state index contributed by atoms with van der Waals surface area (Å²) in [5.74, 6) is -0.0531. The number of carbonyl (C=O) groups is 1. The van der Waals surface area contributed by atoms with Crippen LogP contribution < -0.4 is 5.32 Å². The lowest BCUT2D eigenvalue weighted by molar-refractivity contribution is 0.0684. The van der Waals surface area contributed by atoms with Crippen molar-refractivity contribution >= 4 is 16.9 Å². The summed E-state index contributed by atoms with van der Waals surface area (Å²) < 4.78 is 1.99. The highest BCUT2D eigenvalue weighted by Crippen LogP contribution is 2.29. The van der Waals surface area contributed by atoms with Crippen LogP contribution >= 0.6 is 0 Å². The van der Waals surface area contributed by atoms with Crippen LogP contribution in [-0.4, -0.2) is 21.7 Å². The lowest BCUT2D eigenvalue weighted by atomic mass is 9.87. The average molecular weight is 405 g/mol. The molecule has 1 fully saturated rings. The van der Waals surface area contributed by atoms with E-state index in [0.717, 1.165) is 22.4 Å². The number of carboxylic acid groups (broad SMARTS) is 1. The molecule has 0 radical (unpaired) electrons. The molecule has 30 heavy (non-hydrogen) atoms. The summed E-state index contributed by atoms with van der Waals surface area (Å²) in [4.78, 5) is 12.4. The quantitative estimate of drug-likeness (QED) is 0.556. The third-order valence-corrected chi connectivity index (χ3v) is 6.69. The van der Waals surface area contributed by atoms with Crippen LogP contribution in [-0.2, 0) is 13.1 Å². The molecule has 1 aliphatic carbocycles.